The summed E-state index contributed by atoms with van der Waals surface area (Å²) in [5, 5.41) is 0. The molecule has 3 aromatic rings. The molecule has 0 saturated carbocycles. The Hall–Kier alpha value is -1.59. The van der Waals surface area contributed by atoms with Crippen molar-refractivity contribution in [3.8, 4) is 22.3 Å². The average molecular weight is 384 g/mol. The fourth-order valence-corrected chi connectivity index (χ4v) is 3.58. The molecule has 0 saturated heterocycles. The van der Waals surface area contributed by atoms with E-state index in [0.29, 0.717) is 12.2 Å². The highest BCUT2D eigenvalue weighted by Crippen LogP contribution is 2.31. The smallest absolute Gasteiger partial charge is 0.131 e. The molecule has 3 aromatic carbocycles. The minimum absolute atomic E-state index is 0.189. The van der Waals surface area contributed by atoms with Gasteiger partial charge in [0.15, 0.2) is 0 Å². The summed E-state index contributed by atoms with van der Waals surface area (Å²) in [4.78, 5) is 0. The van der Waals surface area contributed by atoms with Gasteiger partial charge in [-0.25, -0.2) is 4.39 Å². The molecule has 0 bridgehead atoms. The molecule has 134 valence electrons. The van der Waals surface area contributed by atoms with Crippen LogP contribution < -0.4 is 0 Å². The molecule has 0 heterocycles. The van der Waals surface area contributed by atoms with Crippen molar-refractivity contribution in [2.45, 2.75) is 18.9 Å². The van der Waals surface area contributed by atoms with E-state index in [1.807, 2.05) is 24.3 Å². The molecule has 0 aliphatic heterocycles. The Kier molecular flexibility index (Phi) is 6.54. The van der Waals surface area contributed by atoms with Crippen LogP contribution >= 0.6 is 18.5 Å². The molecule has 3 rings (SSSR count). The molecule has 4 heteroatoms. The van der Waals surface area contributed by atoms with E-state index < -0.39 is 0 Å². The summed E-state index contributed by atoms with van der Waals surface area (Å²) in [6.45, 7) is 0.486. The summed E-state index contributed by atoms with van der Waals surface area (Å²) in [6.07, 6.45) is 1.69. The first-order valence-electron chi connectivity index (χ1n) is 8.56. The molecule has 26 heavy (non-hydrogen) atoms. The van der Waals surface area contributed by atoms with Crippen molar-refractivity contribution in [2.24, 2.45) is 0 Å². The number of benzene rings is 3. The van der Waals surface area contributed by atoms with Crippen LogP contribution in [0.15, 0.2) is 60.7 Å². The minimum atomic E-state index is -0.189. The first-order chi connectivity index (χ1) is 12.7. The lowest BCUT2D eigenvalue weighted by Gasteiger charge is -2.13. The summed E-state index contributed by atoms with van der Waals surface area (Å²) in [5.41, 5.74) is 7.05. The SMILES string of the molecule is COCc1cc(-c2ccc(CP)cc2F)ccc1-c1ccc(CP)cc1. The lowest BCUT2D eigenvalue weighted by atomic mass is 9.94. The third-order valence-electron chi connectivity index (χ3n) is 4.49. The van der Waals surface area contributed by atoms with Crippen LogP contribution in [0, 0.1) is 5.82 Å². The topological polar surface area (TPSA) is 9.23 Å². The lowest BCUT2D eigenvalue weighted by molar-refractivity contribution is 0.185. The summed E-state index contributed by atoms with van der Waals surface area (Å²) >= 11 is 0. The van der Waals surface area contributed by atoms with Crippen LogP contribution in [0.2, 0.25) is 0 Å². The Morgan fingerprint density at radius 1 is 0.769 bits per heavy atom. The predicted octanol–water partition coefficient (Wildman–Crippen LogP) is 6.06. The van der Waals surface area contributed by atoms with Gasteiger partial charge in [-0.2, -0.15) is 0 Å². The molecule has 2 unspecified atom stereocenters. The number of halogens is 1. The van der Waals surface area contributed by atoms with Gasteiger partial charge in [0.25, 0.3) is 0 Å². The maximum Gasteiger partial charge on any atom is 0.131 e. The predicted molar refractivity (Wildman–Crippen MR) is 115 cm³/mol. The molecule has 0 N–H and O–H groups in total. The van der Waals surface area contributed by atoms with Crippen LogP contribution in [0.25, 0.3) is 22.3 Å². The number of rotatable bonds is 6. The van der Waals surface area contributed by atoms with Crippen molar-refractivity contribution in [3.05, 3.63) is 83.2 Å². The standard InChI is InChI=1S/C22H23FOP2/c1-24-12-19-11-18(21-8-4-16(14-26)10-22(21)23)7-9-20(19)17-5-2-15(13-25)3-6-17/h2-11H,12-14,25-26H2,1H3. The first kappa shape index (κ1) is 19.2. The Balaban J connectivity index is 2.03. The zero-order valence-electron chi connectivity index (χ0n) is 14.8. The van der Waals surface area contributed by atoms with Gasteiger partial charge >= 0.3 is 0 Å². The van der Waals surface area contributed by atoms with E-state index >= 15 is 0 Å². The van der Waals surface area contributed by atoms with E-state index in [4.69, 9.17) is 4.74 Å². The van der Waals surface area contributed by atoms with E-state index in [-0.39, 0.29) is 5.82 Å². The van der Waals surface area contributed by atoms with Gasteiger partial charge in [-0.05, 0) is 57.8 Å². The average Bonchev–Trinajstić information content (AvgIpc) is 2.68. The quantitative estimate of drug-likeness (QED) is 0.470. The summed E-state index contributed by atoms with van der Waals surface area (Å²) in [7, 11) is 7.04. The van der Waals surface area contributed by atoms with Crippen molar-refractivity contribution in [2.75, 3.05) is 7.11 Å². The second-order valence-electron chi connectivity index (χ2n) is 6.22. The second kappa shape index (κ2) is 8.87. The van der Waals surface area contributed by atoms with Crippen LogP contribution in [0.3, 0.4) is 0 Å². The molecule has 0 spiro atoms. The van der Waals surface area contributed by atoms with Crippen LogP contribution in [0.5, 0.6) is 0 Å². The van der Waals surface area contributed by atoms with Gasteiger partial charge < -0.3 is 4.74 Å². The maximum absolute atomic E-state index is 14.5. The maximum atomic E-state index is 14.5. The number of hydrogen-bond donors (Lipinski definition) is 0. The Bertz CT molecular complexity index is 891. The second-order valence-corrected chi connectivity index (χ2v) is 7.04. The van der Waals surface area contributed by atoms with Gasteiger partial charge in [0, 0.05) is 12.7 Å². The van der Waals surface area contributed by atoms with Crippen molar-refractivity contribution in [1.29, 1.82) is 0 Å². The van der Waals surface area contributed by atoms with Gasteiger partial charge in [-0.1, -0.05) is 48.5 Å². The van der Waals surface area contributed by atoms with E-state index in [1.165, 1.54) is 5.56 Å². The molecule has 0 fully saturated rings. The normalized spacial score (nSPS) is 10.9. The van der Waals surface area contributed by atoms with Crippen molar-refractivity contribution >= 4 is 18.5 Å². The number of methoxy groups -OCH3 is 1. The molecule has 0 aromatic heterocycles. The van der Waals surface area contributed by atoms with Crippen LogP contribution in [0.4, 0.5) is 4.39 Å². The zero-order valence-corrected chi connectivity index (χ0v) is 17.1. The van der Waals surface area contributed by atoms with Gasteiger partial charge in [0.1, 0.15) is 5.82 Å². The van der Waals surface area contributed by atoms with Crippen molar-refractivity contribution in [3.63, 3.8) is 0 Å². The van der Waals surface area contributed by atoms with E-state index in [9.17, 15) is 4.39 Å². The third-order valence-corrected chi connectivity index (χ3v) is 5.43. The van der Waals surface area contributed by atoms with Gasteiger partial charge in [-0.15, -0.1) is 18.5 Å². The van der Waals surface area contributed by atoms with E-state index in [2.05, 4.69) is 48.8 Å². The van der Waals surface area contributed by atoms with E-state index in [1.54, 1.807) is 13.2 Å². The van der Waals surface area contributed by atoms with Crippen LogP contribution in [-0.4, -0.2) is 7.11 Å². The summed E-state index contributed by atoms with van der Waals surface area (Å²) in [6, 6.07) is 20.0. The zero-order chi connectivity index (χ0) is 18.5. The highest BCUT2D eigenvalue weighted by atomic mass is 31.0. The van der Waals surface area contributed by atoms with E-state index in [0.717, 1.165) is 40.1 Å². The van der Waals surface area contributed by atoms with Crippen LogP contribution in [-0.2, 0) is 23.7 Å². The molecule has 0 aliphatic carbocycles. The largest absolute Gasteiger partial charge is 0.380 e. The monoisotopic (exact) mass is 384 g/mol. The molecular weight excluding hydrogens is 361 g/mol. The highest BCUT2D eigenvalue weighted by molar-refractivity contribution is 7.15. The van der Waals surface area contributed by atoms with Crippen LogP contribution in [0.1, 0.15) is 16.7 Å². The van der Waals surface area contributed by atoms with Gasteiger partial charge in [0.2, 0.25) is 0 Å². The lowest BCUT2D eigenvalue weighted by Crippen LogP contribution is -1.95. The molecule has 0 amide bonds. The highest BCUT2D eigenvalue weighted by Gasteiger charge is 2.11. The molecule has 0 aliphatic rings. The fourth-order valence-electron chi connectivity index (χ4n) is 3.06. The third kappa shape index (κ3) is 4.21. The molecule has 0 radical (unpaired) electrons. The summed E-state index contributed by atoms with van der Waals surface area (Å²) in [5.74, 6) is -0.189. The fraction of sp³-hybridized carbons (Fsp3) is 0.182. The molecule has 1 nitrogen and oxygen atoms in total. The van der Waals surface area contributed by atoms with Gasteiger partial charge in [0.05, 0.1) is 6.61 Å². The number of ether oxygens (including phenoxy) is 1. The Morgan fingerprint density at radius 3 is 2.00 bits per heavy atom. The Morgan fingerprint density at radius 2 is 1.38 bits per heavy atom. The van der Waals surface area contributed by atoms with Crippen molar-refractivity contribution < 1.29 is 9.13 Å². The summed E-state index contributed by atoms with van der Waals surface area (Å²) < 4.78 is 19.9. The minimum Gasteiger partial charge on any atom is -0.380 e. The van der Waals surface area contributed by atoms with Gasteiger partial charge in [-0.3, -0.25) is 0 Å². The Labute approximate surface area is 159 Å². The number of hydrogen-bond acceptors (Lipinski definition) is 1. The van der Waals surface area contributed by atoms with Crippen molar-refractivity contribution in [1.82, 2.24) is 0 Å². The first-order valence-corrected chi connectivity index (χ1v) is 10.2. The molecular formula is C22H23FOP2. The molecule has 2 atom stereocenters.